The molecule has 1 N–H and O–H groups in total. The van der Waals surface area contributed by atoms with Gasteiger partial charge in [-0.2, -0.15) is 0 Å². The van der Waals surface area contributed by atoms with Gasteiger partial charge in [0.25, 0.3) is 0 Å². The minimum atomic E-state index is -0.562. The first-order chi connectivity index (χ1) is 8.45. The van der Waals surface area contributed by atoms with Crippen molar-refractivity contribution in [2.75, 3.05) is 7.11 Å². The van der Waals surface area contributed by atoms with Gasteiger partial charge < -0.3 is 10.1 Å². The highest BCUT2D eigenvalue weighted by Crippen LogP contribution is 2.16. The van der Waals surface area contributed by atoms with Crippen LogP contribution in [0, 0.1) is 13.8 Å². The summed E-state index contributed by atoms with van der Waals surface area (Å²) < 4.78 is 4.64. The highest BCUT2D eigenvalue weighted by Gasteiger charge is 2.12. The van der Waals surface area contributed by atoms with Gasteiger partial charge in [-0.05, 0) is 36.6 Å². The van der Waals surface area contributed by atoms with E-state index in [0.717, 1.165) is 16.7 Å². The third-order valence-electron chi connectivity index (χ3n) is 2.55. The summed E-state index contributed by atoms with van der Waals surface area (Å²) in [5.74, 6) is -0.870. The largest absolute Gasteiger partial charge is 0.464 e. The summed E-state index contributed by atoms with van der Waals surface area (Å²) in [5.41, 5.74) is 3.11. The molecule has 0 saturated heterocycles. The molecule has 0 saturated carbocycles. The Balaban J connectivity index is 3.23. The number of esters is 1. The SMILES string of the molecule is COC(=O)C(=Cc1c(C)cccc1C)NC(C)=O. The van der Waals surface area contributed by atoms with Gasteiger partial charge in [-0.1, -0.05) is 18.2 Å². The third-order valence-corrected chi connectivity index (χ3v) is 2.55. The normalized spacial score (nSPS) is 11.0. The maximum atomic E-state index is 11.6. The van der Waals surface area contributed by atoms with Crippen molar-refractivity contribution in [3.05, 3.63) is 40.6 Å². The summed E-state index contributed by atoms with van der Waals surface area (Å²) in [4.78, 5) is 22.6. The van der Waals surface area contributed by atoms with Crippen LogP contribution in [0.4, 0.5) is 0 Å². The highest BCUT2D eigenvalue weighted by molar-refractivity contribution is 5.97. The Labute approximate surface area is 107 Å². The monoisotopic (exact) mass is 247 g/mol. The number of carbonyl (C=O) groups is 2. The van der Waals surface area contributed by atoms with Crippen molar-refractivity contribution < 1.29 is 14.3 Å². The molecule has 1 aromatic rings. The summed E-state index contributed by atoms with van der Waals surface area (Å²) in [6, 6.07) is 5.83. The van der Waals surface area contributed by atoms with E-state index in [4.69, 9.17) is 0 Å². The van der Waals surface area contributed by atoms with Gasteiger partial charge in [-0.15, -0.1) is 0 Å². The molecule has 1 rings (SSSR count). The van der Waals surface area contributed by atoms with Gasteiger partial charge in [0, 0.05) is 6.92 Å². The molecule has 0 aliphatic heterocycles. The minimum absolute atomic E-state index is 0.141. The van der Waals surface area contributed by atoms with Crippen LogP contribution in [-0.2, 0) is 14.3 Å². The Morgan fingerprint density at radius 2 is 1.78 bits per heavy atom. The quantitative estimate of drug-likeness (QED) is 0.656. The average Bonchev–Trinajstić information content (AvgIpc) is 2.31. The van der Waals surface area contributed by atoms with E-state index in [1.807, 2.05) is 32.0 Å². The summed E-state index contributed by atoms with van der Waals surface area (Å²) in [5, 5.41) is 2.48. The Kier molecular flexibility index (Phi) is 4.66. The molecular formula is C14H17NO3. The smallest absolute Gasteiger partial charge is 0.354 e. The zero-order chi connectivity index (χ0) is 13.7. The van der Waals surface area contributed by atoms with Crippen LogP contribution >= 0.6 is 0 Å². The number of aryl methyl sites for hydroxylation is 2. The van der Waals surface area contributed by atoms with E-state index in [1.165, 1.54) is 14.0 Å². The molecule has 0 aliphatic carbocycles. The van der Waals surface area contributed by atoms with Gasteiger partial charge >= 0.3 is 5.97 Å². The fourth-order valence-electron chi connectivity index (χ4n) is 1.65. The lowest BCUT2D eigenvalue weighted by molar-refractivity contribution is -0.137. The summed E-state index contributed by atoms with van der Waals surface area (Å²) in [6.45, 7) is 5.24. The topological polar surface area (TPSA) is 55.4 Å². The fraction of sp³-hybridized carbons (Fsp3) is 0.286. The van der Waals surface area contributed by atoms with Crippen molar-refractivity contribution in [3.63, 3.8) is 0 Å². The summed E-state index contributed by atoms with van der Waals surface area (Å²) in [6.07, 6.45) is 1.64. The highest BCUT2D eigenvalue weighted by atomic mass is 16.5. The maximum Gasteiger partial charge on any atom is 0.354 e. The number of hydrogen-bond acceptors (Lipinski definition) is 3. The number of ether oxygens (including phenoxy) is 1. The predicted octanol–water partition coefficient (Wildman–Crippen LogP) is 1.95. The molecule has 18 heavy (non-hydrogen) atoms. The van der Waals surface area contributed by atoms with Crippen molar-refractivity contribution in [1.29, 1.82) is 0 Å². The maximum absolute atomic E-state index is 11.6. The molecule has 0 heterocycles. The van der Waals surface area contributed by atoms with Crippen molar-refractivity contribution in [2.45, 2.75) is 20.8 Å². The standard InChI is InChI=1S/C14H17NO3/c1-9-6-5-7-10(2)12(9)8-13(14(17)18-4)15-11(3)16/h5-8H,1-4H3,(H,15,16). The van der Waals surface area contributed by atoms with Crippen LogP contribution in [0.1, 0.15) is 23.6 Å². The summed E-state index contributed by atoms with van der Waals surface area (Å²) >= 11 is 0. The van der Waals surface area contributed by atoms with Crippen LogP contribution in [0.15, 0.2) is 23.9 Å². The van der Waals surface area contributed by atoms with E-state index >= 15 is 0 Å². The van der Waals surface area contributed by atoms with Gasteiger partial charge in [0.2, 0.25) is 5.91 Å². The van der Waals surface area contributed by atoms with E-state index in [9.17, 15) is 9.59 Å². The van der Waals surface area contributed by atoms with E-state index in [-0.39, 0.29) is 11.6 Å². The zero-order valence-corrected chi connectivity index (χ0v) is 11.0. The van der Waals surface area contributed by atoms with Gasteiger partial charge in [0.05, 0.1) is 7.11 Å². The first-order valence-corrected chi connectivity index (χ1v) is 5.59. The third kappa shape index (κ3) is 3.45. The van der Waals surface area contributed by atoms with E-state index < -0.39 is 5.97 Å². The Morgan fingerprint density at radius 3 is 2.22 bits per heavy atom. The van der Waals surface area contributed by atoms with Gasteiger partial charge in [-0.25, -0.2) is 4.79 Å². The molecular weight excluding hydrogens is 230 g/mol. The van der Waals surface area contributed by atoms with E-state index in [2.05, 4.69) is 10.1 Å². The minimum Gasteiger partial charge on any atom is -0.464 e. The second-order valence-corrected chi connectivity index (χ2v) is 4.04. The van der Waals surface area contributed by atoms with E-state index in [0.29, 0.717) is 0 Å². The first kappa shape index (κ1) is 14.0. The molecule has 4 heteroatoms. The van der Waals surface area contributed by atoms with Crippen LogP contribution in [-0.4, -0.2) is 19.0 Å². The molecule has 0 spiro atoms. The molecule has 0 radical (unpaired) electrons. The molecule has 1 amide bonds. The zero-order valence-electron chi connectivity index (χ0n) is 11.0. The van der Waals surface area contributed by atoms with Crippen LogP contribution in [0.25, 0.3) is 6.08 Å². The fourth-order valence-corrected chi connectivity index (χ4v) is 1.65. The lowest BCUT2D eigenvalue weighted by Crippen LogP contribution is -2.25. The molecule has 0 atom stereocenters. The van der Waals surface area contributed by atoms with Crippen LogP contribution in [0.2, 0.25) is 0 Å². The summed E-state index contributed by atoms with van der Waals surface area (Å²) in [7, 11) is 1.28. The Morgan fingerprint density at radius 1 is 1.22 bits per heavy atom. The van der Waals surface area contributed by atoms with Gasteiger partial charge in [0.1, 0.15) is 5.70 Å². The average molecular weight is 247 g/mol. The molecule has 1 aromatic carbocycles. The number of rotatable bonds is 3. The number of benzene rings is 1. The number of carbonyl (C=O) groups excluding carboxylic acids is 2. The van der Waals surface area contributed by atoms with Crippen LogP contribution < -0.4 is 5.32 Å². The van der Waals surface area contributed by atoms with Crippen molar-refractivity contribution in [3.8, 4) is 0 Å². The van der Waals surface area contributed by atoms with Crippen molar-refractivity contribution in [2.24, 2.45) is 0 Å². The Hall–Kier alpha value is -2.10. The molecule has 0 unspecified atom stereocenters. The van der Waals surface area contributed by atoms with Gasteiger partial charge in [-0.3, -0.25) is 4.79 Å². The molecule has 96 valence electrons. The van der Waals surface area contributed by atoms with Crippen molar-refractivity contribution >= 4 is 18.0 Å². The number of methoxy groups -OCH3 is 1. The molecule has 0 fully saturated rings. The molecule has 0 bridgehead atoms. The molecule has 0 aliphatic rings. The lowest BCUT2D eigenvalue weighted by atomic mass is 10.0. The second kappa shape index (κ2) is 6.00. The van der Waals surface area contributed by atoms with E-state index in [1.54, 1.807) is 6.08 Å². The number of nitrogens with one attached hydrogen (secondary N) is 1. The van der Waals surface area contributed by atoms with Gasteiger partial charge in [0.15, 0.2) is 0 Å². The first-order valence-electron chi connectivity index (χ1n) is 5.59. The number of hydrogen-bond donors (Lipinski definition) is 1. The lowest BCUT2D eigenvalue weighted by Gasteiger charge is -2.09. The second-order valence-electron chi connectivity index (χ2n) is 4.04. The predicted molar refractivity (Wildman–Crippen MR) is 69.7 cm³/mol. The Bertz CT molecular complexity index is 484. The molecule has 0 aromatic heterocycles. The van der Waals surface area contributed by atoms with Crippen LogP contribution in [0.5, 0.6) is 0 Å². The molecule has 4 nitrogen and oxygen atoms in total. The van der Waals surface area contributed by atoms with Crippen LogP contribution in [0.3, 0.4) is 0 Å². The van der Waals surface area contributed by atoms with Crippen molar-refractivity contribution in [1.82, 2.24) is 5.32 Å². The number of amides is 1.